The largest absolute Gasteiger partial charge is 0.478 e. The van der Waals surface area contributed by atoms with Crippen molar-refractivity contribution in [3.8, 4) is 0 Å². The minimum absolute atomic E-state index is 0.824. The van der Waals surface area contributed by atoms with Gasteiger partial charge in [-0.05, 0) is 29.3 Å². The van der Waals surface area contributed by atoms with E-state index in [0.29, 0.717) is 0 Å². The number of thioether (sulfide) groups is 1. The van der Waals surface area contributed by atoms with Crippen molar-refractivity contribution >= 4 is 23.8 Å². The molecule has 0 unspecified atom stereocenters. The quantitative estimate of drug-likeness (QED) is 0.657. The van der Waals surface area contributed by atoms with E-state index in [-0.39, 0.29) is 0 Å². The molecule has 0 aliphatic heterocycles. The van der Waals surface area contributed by atoms with E-state index in [1.807, 2.05) is 42.5 Å². The third kappa shape index (κ3) is 4.30. The van der Waals surface area contributed by atoms with Gasteiger partial charge in [0, 0.05) is 16.7 Å². The fourth-order valence-electron chi connectivity index (χ4n) is 1.67. The topological polar surface area (TPSA) is 37.3 Å². The molecule has 0 aliphatic rings. The van der Waals surface area contributed by atoms with Gasteiger partial charge >= 0.3 is 5.97 Å². The molecule has 0 amide bonds. The number of aliphatic carboxylic acids is 1. The maximum absolute atomic E-state index is 10.6. The Balaban J connectivity index is 2.10. The highest BCUT2D eigenvalue weighted by Gasteiger charge is 2.00. The summed E-state index contributed by atoms with van der Waals surface area (Å²) in [5, 5.41) is 8.68. The lowest BCUT2D eigenvalue weighted by Gasteiger charge is -2.05. The van der Waals surface area contributed by atoms with Crippen molar-refractivity contribution < 1.29 is 9.90 Å². The second-order valence-corrected chi connectivity index (χ2v) is 5.02. The molecule has 0 saturated heterocycles. The number of benzene rings is 2. The molecule has 0 aromatic heterocycles. The van der Waals surface area contributed by atoms with Gasteiger partial charge in [-0.15, -0.1) is 11.8 Å². The van der Waals surface area contributed by atoms with Crippen LogP contribution < -0.4 is 0 Å². The highest BCUT2D eigenvalue weighted by molar-refractivity contribution is 7.98. The molecule has 0 spiro atoms. The molecule has 0 aliphatic carbocycles. The number of hydrogen-bond acceptors (Lipinski definition) is 2. The number of carbonyl (C=O) groups is 1. The van der Waals surface area contributed by atoms with Gasteiger partial charge in [0.2, 0.25) is 0 Å². The van der Waals surface area contributed by atoms with Crippen LogP contribution in [0.25, 0.3) is 6.08 Å². The van der Waals surface area contributed by atoms with Crippen molar-refractivity contribution in [2.45, 2.75) is 10.6 Å². The van der Waals surface area contributed by atoms with Gasteiger partial charge in [-0.2, -0.15) is 0 Å². The molecule has 3 heteroatoms. The summed E-state index contributed by atoms with van der Waals surface area (Å²) in [5.74, 6) is -0.102. The zero-order valence-corrected chi connectivity index (χ0v) is 11.1. The summed E-state index contributed by atoms with van der Waals surface area (Å²) in [7, 11) is 0. The van der Waals surface area contributed by atoms with Crippen molar-refractivity contribution in [2.24, 2.45) is 0 Å². The molecule has 0 fully saturated rings. The van der Waals surface area contributed by atoms with E-state index in [4.69, 9.17) is 5.11 Å². The summed E-state index contributed by atoms with van der Waals surface area (Å²) in [5.41, 5.74) is 2.09. The number of carboxylic acid groups (broad SMARTS) is 1. The lowest BCUT2D eigenvalue weighted by atomic mass is 10.1. The minimum Gasteiger partial charge on any atom is -0.478 e. The van der Waals surface area contributed by atoms with Gasteiger partial charge in [-0.25, -0.2) is 4.79 Å². The van der Waals surface area contributed by atoms with Crippen LogP contribution in [0.1, 0.15) is 11.1 Å². The fraction of sp³-hybridized carbons (Fsp3) is 0.0625. The van der Waals surface area contributed by atoms with Crippen molar-refractivity contribution in [2.75, 3.05) is 0 Å². The molecule has 0 radical (unpaired) electrons. The highest BCUT2D eigenvalue weighted by Crippen LogP contribution is 2.24. The first-order valence-electron chi connectivity index (χ1n) is 5.92. The van der Waals surface area contributed by atoms with Gasteiger partial charge in [0.15, 0.2) is 0 Å². The molecule has 1 N–H and O–H groups in total. The van der Waals surface area contributed by atoms with Crippen molar-refractivity contribution in [3.05, 3.63) is 71.8 Å². The molecule has 0 bridgehead atoms. The van der Waals surface area contributed by atoms with Crippen LogP contribution in [0.4, 0.5) is 0 Å². The van der Waals surface area contributed by atoms with Gasteiger partial charge in [-0.3, -0.25) is 0 Å². The van der Waals surface area contributed by atoms with Gasteiger partial charge in [0.25, 0.3) is 0 Å². The van der Waals surface area contributed by atoms with Crippen LogP contribution in [-0.2, 0) is 10.5 Å². The Morgan fingerprint density at radius 2 is 1.74 bits per heavy atom. The van der Waals surface area contributed by atoms with Crippen molar-refractivity contribution in [1.82, 2.24) is 0 Å². The summed E-state index contributed by atoms with van der Waals surface area (Å²) < 4.78 is 0. The molecule has 2 rings (SSSR count). The Labute approximate surface area is 116 Å². The first-order chi connectivity index (χ1) is 9.25. The Morgan fingerprint density at radius 3 is 2.47 bits per heavy atom. The molecule has 96 valence electrons. The molecule has 0 atom stereocenters. The maximum atomic E-state index is 10.6. The van der Waals surface area contributed by atoms with Crippen LogP contribution in [0.2, 0.25) is 0 Å². The number of rotatable bonds is 5. The van der Waals surface area contributed by atoms with Crippen LogP contribution in [0.5, 0.6) is 0 Å². The van der Waals surface area contributed by atoms with E-state index in [1.54, 1.807) is 17.8 Å². The normalized spacial score (nSPS) is 10.7. The van der Waals surface area contributed by atoms with Crippen LogP contribution in [0.3, 0.4) is 0 Å². The minimum atomic E-state index is -0.925. The summed E-state index contributed by atoms with van der Waals surface area (Å²) in [6.07, 6.45) is 2.81. The lowest BCUT2D eigenvalue weighted by molar-refractivity contribution is -0.131. The van der Waals surface area contributed by atoms with E-state index in [2.05, 4.69) is 12.1 Å². The predicted octanol–water partition coefficient (Wildman–Crippen LogP) is 4.08. The van der Waals surface area contributed by atoms with E-state index >= 15 is 0 Å². The van der Waals surface area contributed by atoms with E-state index < -0.39 is 5.97 Å². The smallest absolute Gasteiger partial charge is 0.328 e. The van der Waals surface area contributed by atoms with Crippen LogP contribution in [0, 0.1) is 0 Å². The third-order valence-electron chi connectivity index (χ3n) is 2.60. The van der Waals surface area contributed by atoms with Gasteiger partial charge in [0.1, 0.15) is 0 Å². The van der Waals surface area contributed by atoms with Crippen molar-refractivity contribution in [3.63, 3.8) is 0 Å². The highest BCUT2D eigenvalue weighted by atomic mass is 32.2. The van der Waals surface area contributed by atoms with E-state index in [0.717, 1.165) is 16.9 Å². The Hall–Kier alpha value is -2.00. The summed E-state index contributed by atoms with van der Waals surface area (Å²) in [6, 6.07) is 18.0. The average Bonchev–Trinajstić information content (AvgIpc) is 2.45. The number of carboxylic acids is 1. The molecular formula is C16H14O2S. The second kappa shape index (κ2) is 6.81. The maximum Gasteiger partial charge on any atom is 0.328 e. The second-order valence-electron chi connectivity index (χ2n) is 3.97. The van der Waals surface area contributed by atoms with Crippen LogP contribution >= 0.6 is 11.8 Å². The zero-order chi connectivity index (χ0) is 13.5. The Kier molecular flexibility index (Phi) is 4.81. The summed E-state index contributed by atoms with van der Waals surface area (Å²) in [4.78, 5) is 11.8. The summed E-state index contributed by atoms with van der Waals surface area (Å²) >= 11 is 1.74. The van der Waals surface area contributed by atoms with Gasteiger partial charge in [0.05, 0.1) is 0 Å². The first kappa shape index (κ1) is 13.4. The molecule has 2 aromatic rings. The third-order valence-corrected chi connectivity index (χ3v) is 3.66. The molecular weight excluding hydrogens is 256 g/mol. The van der Waals surface area contributed by atoms with Crippen LogP contribution in [-0.4, -0.2) is 11.1 Å². The van der Waals surface area contributed by atoms with Gasteiger partial charge in [-0.1, -0.05) is 42.5 Å². The van der Waals surface area contributed by atoms with Crippen LogP contribution in [0.15, 0.2) is 65.6 Å². The summed E-state index contributed by atoms with van der Waals surface area (Å²) in [6.45, 7) is 0. The van der Waals surface area contributed by atoms with E-state index in [1.165, 1.54) is 11.0 Å². The fourth-order valence-corrected chi connectivity index (χ4v) is 2.60. The van der Waals surface area contributed by atoms with Crippen molar-refractivity contribution in [1.29, 1.82) is 0 Å². The monoisotopic (exact) mass is 270 g/mol. The zero-order valence-electron chi connectivity index (χ0n) is 10.3. The number of hydrogen-bond donors (Lipinski definition) is 1. The molecule has 19 heavy (non-hydrogen) atoms. The Morgan fingerprint density at radius 1 is 1.05 bits per heavy atom. The molecule has 0 saturated carbocycles. The SMILES string of the molecule is O=C(O)C=Cc1ccccc1CSc1ccccc1. The lowest BCUT2D eigenvalue weighted by Crippen LogP contribution is -1.89. The molecule has 2 aromatic carbocycles. The van der Waals surface area contributed by atoms with Gasteiger partial charge < -0.3 is 5.11 Å². The first-order valence-corrected chi connectivity index (χ1v) is 6.91. The predicted molar refractivity (Wildman–Crippen MR) is 79.1 cm³/mol. The average molecular weight is 270 g/mol. The Bertz CT molecular complexity index is 576. The molecule has 0 heterocycles. The standard InChI is InChI=1S/C16H14O2S/c17-16(18)11-10-13-6-4-5-7-14(13)12-19-15-8-2-1-3-9-15/h1-11H,12H2,(H,17,18). The molecule has 2 nitrogen and oxygen atoms in total. The van der Waals surface area contributed by atoms with E-state index in [9.17, 15) is 4.79 Å².